The van der Waals surface area contributed by atoms with Gasteiger partial charge in [-0.3, -0.25) is 9.69 Å². The van der Waals surface area contributed by atoms with Gasteiger partial charge in [-0.2, -0.15) is 0 Å². The maximum atomic E-state index is 11.7. The molecule has 5 nitrogen and oxygen atoms in total. The van der Waals surface area contributed by atoms with Crippen molar-refractivity contribution in [3.63, 3.8) is 0 Å². The van der Waals surface area contributed by atoms with Crippen LogP contribution < -0.4 is 5.32 Å². The average molecular weight is 285 g/mol. The van der Waals surface area contributed by atoms with E-state index in [9.17, 15) is 4.79 Å². The van der Waals surface area contributed by atoms with Crippen LogP contribution in [0, 0.1) is 0 Å². The molecular weight excluding hydrogens is 254 g/mol. The highest BCUT2D eigenvalue weighted by Crippen LogP contribution is 2.16. The number of hydrogen-bond donors (Lipinski definition) is 1. The zero-order valence-electron chi connectivity index (χ0n) is 13.7. The molecule has 2 atom stereocenters. The summed E-state index contributed by atoms with van der Waals surface area (Å²) in [5, 5.41) is 3.09. The largest absolute Gasteiger partial charge is 0.468 e. The fourth-order valence-electron chi connectivity index (χ4n) is 2.86. The summed E-state index contributed by atoms with van der Waals surface area (Å²) in [6, 6.07) is 0.630. The Hall–Kier alpha value is -0.650. The lowest BCUT2D eigenvalue weighted by Crippen LogP contribution is -2.50. The standard InChI is InChI=1S/C15H31N3O2/c1-13-12-17(4)10-11-18(13)9-7-6-8-15(2,16-3)14(19)20-5/h13,16H,6-12H2,1-5H3. The van der Waals surface area contributed by atoms with E-state index in [0.29, 0.717) is 6.04 Å². The van der Waals surface area contributed by atoms with Gasteiger partial charge in [0.05, 0.1) is 7.11 Å². The van der Waals surface area contributed by atoms with Crippen LogP contribution in [0.1, 0.15) is 33.1 Å². The molecule has 0 aliphatic carbocycles. The number of rotatable bonds is 7. The Balaban J connectivity index is 2.29. The lowest BCUT2D eigenvalue weighted by Gasteiger charge is -2.38. The molecule has 0 spiro atoms. The smallest absolute Gasteiger partial charge is 0.325 e. The van der Waals surface area contributed by atoms with Crippen molar-refractivity contribution in [2.75, 3.05) is 47.4 Å². The predicted octanol–water partition coefficient (Wildman–Crippen LogP) is 0.944. The summed E-state index contributed by atoms with van der Waals surface area (Å²) in [4.78, 5) is 16.7. The highest BCUT2D eigenvalue weighted by atomic mass is 16.5. The predicted molar refractivity (Wildman–Crippen MR) is 81.9 cm³/mol. The molecule has 1 heterocycles. The highest BCUT2D eigenvalue weighted by Gasteiger charge is 2.31. The van der Waals surface area contributed by atoms with E-state index in [0.717, 1.165) is 45.4 Å². The molecule has 118 valence electrons. The van der Waals surface area contributed by atoms with Crippen LogP contribution in [-0.2, 0) is 9.53 Å². The lowest BCUT2D eigenvalue weighted by atomic mass is 9.95. The normalized spacial score (nSPS) is 24.4. The van der Waals surface area contributed by atoms with Crippen molar-refractivity contribution >= 4 is 5.97 Å². The highest BCUT2D eigenvalue weighted by molar-refractivity contribution is 5.80. The van der Waals surface area contributed by atoms with Crippen LogP contribution in [0.15, 0.2) is 0 Å². The number of hydrogen-bond acceptors (Lipinski definition) is 5. The van der Waals surface area contributed by atoms with E-state index in [1.54, 1.807) is 0 Å². The zero-order valence-corrected chi connectivity index (χ0v) is 13.7. The van der Waals surface area contributed by atoms with E-state index >= 15 is 0 Å². The van der Waals surface area contributed by atoms with Gasteiger partial charge in [-0.1, -0.05) is 0 Å². The van der Waals surface area contributed by atoms with Crippen LogP contribution in [-0.4, -0.2) is 74.7 Å². The van der Waals surface area contributed by atoms with Crippen LogP contribution in [0.3, 0.4) is 0 Å². The van der Waals surface area contributed by atoms with Gasteiger partial charge in [0.1, 0.15) is 5.54 Å². The third kappa shape index (κ3) is 4.72. The van der Waals surface area contributed by atoms with Gasteiger partial charge in [0.15, 0.2) is 0 Å². The number of nitrogens with one attached hydrogen (secondary N) is 1. The van der Waals surface area contributed by atoms with Gasteiger partial charge in [0.25, 0.3) is 0 Å². The van der Waals surface area contributed by atoms with Crippen molar-refractivity contribution < 1.29 is 9.53 Å². The Labute approximate surface area is 123 Å². The van der Waals surface area contributed by atoms with Crippen molar-refractivity contribution in [2.45, 2.75) is 44.7 Å². The molecule has 1 saturated heterocycles. The maximum absolute atomic E-state index is 11.7. The first-order valence-corrected chi connectivity index (χ1v) is 7.63. The van der Waals surface area contributed by atoms with E-state index in [1.165, 1.54) is 7.11 Å². The van der Waals surface area contributed by atoms with E-state index in [2.05, 4.69) is 29.1 Å². The number of esters is 1. The third-order valence-corrected chi connectivity index (χ3v) is 4.53. The summed E-state index contributed by atoms with van der Waals surface area (Å²) < 4.78 is 4.86. The molecule has 1 N–H and O–H groups in total. The molecule has 0 radical (unpaired) electrons. The van der Waals surface area contributed by atoms with E-state index in [-0.39, 0.29) is 5.97 Å². The fourth-order valence-corrected chi connectivity index (χ4v) is 2.86. The van der Waals surface area contributed by atoms with Crippen LogP contribution in [0.25, 0.3) is 0 Å². The zero-order chi connectivity index (χ0) is 15.2. The van der Waals surface area contributed by atoms with Gasteiger partial charge in [0.2, 0.25) is 0 Å². The van der Waals surface area contributed by atoms with E-state index in [4.69, 9.17) is 4.74 Å². The summed E-state index contributed by atoms with van der Waals surface area (Å²) >= 11 is 0. The maximum Gasteiger partial charge on any atom is 0.325 e. The number of unbranched alkanes of at least 4 members (excludes halogenated alkanes) is 1. The Bertz CT molecular complexity index is 311. The van der Waals surface area contributed by atoms with Crippen LogP contribution in [0.2, 0.25) is 0 Å². The molecule has 1 aliphatic rings. The molecule has 0 aromatic heterocycles. The number of carbonyl (C=O) groups excluding carboxylic acids is 1. The SMILES string of the molecule is CNC(C)(CCCCN1CCN(C)CC1C)C(=O)OC. The quantitative estimate of drug-likeness (QED) is 0.557. The lowest BCUT2D eigenvalue weighted by molar-refractivity contribution is -0.148. The van der Waals surface area contributed by atoms with Gasteiger partial charge in [-0.05, 0) is 53.8 Å². The molecule has 5 heteroatoms. The minimum absolute atomic E-state index is 0.173. The van der Waals surface area contributed by atoms with Crippen molar-refractivity contribution in [1.82, 2.24) is 15.1 Å². The van der Waals surface area contributed by atoms with E-state index < -0.39 is 5.54 Å². The van der Waals surface area contributed by atoms with Gasteiger partial charge in [-0.25, -0.2) is 0 Å². The van der Waals surface area contributed by atoms with Crippen molar-refractivity contribution in [2.24, 2.45) is 0 Å². The van der Waals surface area contributed by atoms with Gasteiger partial charge >= 0.3 is 5.97 Å². The van der Waals surface area contributed by atoms with Crippen molar-refractivity contribution in [3.8, 4) is 0 Å². The first kappa shape index (κ1) is 17.4. The Morgan fingerprint density at radius 3 is 2.65 bits per heavy atom. The minimum atomic E-state index is -0.553. The Morgan fingerprint density at radius 1 is 1.40 bits per heavy atom. The molecule has 0 aromatic rings. The van der Waals surface area contributed by atoms with Crippen LogP contribution >= 0.6 is 0 Å². The summed E-state index contributed by atoms with van der Waals surface area (Å²) in [5.74, 6) is -0.173. The molecule has 1 rings (SSSR count). The molecule has 0 bridgehead atoms. The molecule has 1 aliphatic heterocycles. The number of likely N-dealkylation sites (N-methyl/N-ethyl adjacent to an activating group) is 2. The minimum Gasteiger partial charge on any atom is -0.468 e. The average Bonchev–Trinajstić information content (AvgIpc) is 2.44. The molecule has 0 amide bonds. The summed E-state index contributed by atoms with van der Waals surface area (Å²) in [7, 11) is 5.45. The first-order valence-electron chi connectivity index (χ1n) is 7.63. The first-order chi connectivity index (χ1) is 9.42. The topological polar surface area (TPSA) is 44.8 Å². The van der Waals surface area contributed by atoms with E-state index in [1.807, 2.05) is 14.0 Å². The second-order valence-electron chi connectivity index (χ2n) is 6.18. The molecule has 1 fully saturated rings. The van der Waals surface area contributed by atoms with Crippen molar-refractivity contribution in [3.05, 3.63) is 0 Å². The molecule has 20 heavy (non-hydrogen) atoms. The number of carbonyl (C=O) groups is 1. The van der Waals surface area contributed by atoms with Gasteiger partial charge in [0, 0.05) is 25.7 Å². The van der Waals surface area contributed by atoms with Crippen LogP contribution in [0.5, 0.6) is 0 Å². The number of nitrogens with zero attached hydrogens (tertiary/aromatic N) is 2. The molecule has 2 unspecified atom stereocenters. The Kier molecular flexibility index (Phi) is 6.92. The monoisotopic (exact) mass is 285 g/mol. The van der Waals surface area contributed by atoms with Crippen LogP contribution in [0.4, 0.5) is 0 Å². The summed E-state index contributed by atoms with van der Waals surface area (Å²) in [6.07, 6.45) is 2.98. The Morgan fingerprint density at radius 2 is 2.10 bits per heavy atom. The molecular formula is C15H31N3O2. The molecule has 0 aromatic carbocycles. The second-order valence-corrected chi connectivity index (χ2v) is 6.18. The van der Waals surface area contributed by atoms with Gasteiger partial charge in [-0.15, -0.1) is 0 Å². The summed E-state index contributed by atoms with van der Waals surface area (Å²) in [6.45, 7) is 8.78. The van der Waals surface area contributed by atoms with Crippen molar-refractivity contribution in [1.29, 1.82) is 0 Å². The number of ether oxygens (including phenoxy) is 1. The molecule has 0 saturated carbocycles. The third-order valence-electron chi connectivity index (χ3n) is 4.53. The second kappa shape index (κ2) is 7.96. The summed E-state index contributed by atoms with van der Waals surface area (Å²) in [5.41, 5.74) is -0.553. The van der Waals surface area contributed by atoms with Gasteiger partial charge < -0.3 is 15.0 Å². The fraction of sp³-hybridized carbons (Fsp3) is 0.933. The number of piperazine rings is 1. The number of methoxy groups -OCH3 is 1.